The molecule has 2 rings (SSSR count). The summed E-state index contributed by atoms with van der Waals surface area (Å²) in [5.41, 5.74) is -0.483. The normalized spacial score (nSPS) is 12.0. The van der Waals surface area contributed by atoms with Gasteiger partial charge in [0.05, 0.1) is 10.5 Å². The largest absolute Gasteiger partial charge is 0.348 e. The molecule has 1 aromatic heterocycles. The minimum Gasteiger partial charge on any atom is -0.348 e. The Morgan fingerprint density at radius 1 is 1.36 bits per heavy atom. The number of rotatable bonds is 4. The van der Waals surface area contributed by atoms with E-state index in [1.54, 1.807) is 19.1 Å². The number of hydrogen-bond acceptors (Lipinski definition) is 3. The minimum absolute atomic E-state index is 0.159. The molecule has 1 aromatic carbocycles. The summed E-state index contributed by atoms with van der Waals surface area (Å²) in [6.07, 6.45) is 1.25. The second kappa shape index (κ2) is 6.69. The molecule has 0 aliphatic carbocycles. The van der Waals surface area contributed by atoms with Crippen molar-refractivity contribution in [2.24, 2.45) is 0 Å². The Kier molecular flexibility index (Phi) is 4.92. The fourth-order valence-electron chi connectivity index (χ4n) is 1.88. The highest BCUT2D eigenvalue weighted by atomic mass is 79.9. The maximum absolute atomic E-state index is 12.9. The van der Waals surface area contributed by atoms with Crippen LogP contribution in [0.3, 0.4) is 0 Å². The second-order valence-corrected chi connectivity index (χ2v) is 5.56. The van der Waals surface area contributed by atoms with E-state index in [0.29, 0.717) is 0 Å². The number of aromatic nitrogens is 2. The van der Waals surface area contributed by atoms with Gasteiger partial charge in [-0.05, 0) is 40.5 Å². The number of carbonyl (C=O) groups excluding carboxylic acids is 1. The third-order valence-corrected chi connectivity index (χ3v) is 3.59. The first-order chi connectivity index (χ1) is 10.4. The highest BCUT2D eigenvalue weighted by Gasteiger charge is 2.11. The van der Waals surface area contributed by atoms with Gasteiger partial charge in [0.25, 0.3) is 5.56 Å². The van der Waals surface area contributed by atoms with Crippen LogP contribution in [0.2, 0.25) is 0 Å². The van der Waals surface area contributed by atoms with Crippen molar-refractivity contribution in [1.29, 1.82) is 0 Å². The molecule has 8 heteroatoms. The first-order valence-corrected chi connectivity index (χ1v) is 7.20. The van der Waals surface area contributed by atoms with Crippen molar-refractivity contribution in [3.63, 3.8) is 0 Å². The Morgan fingerprint density at radius 3 is 2.64 bits per heavy atom. The first-order valence-electron chi connectivity index (χ1n) is 6.41. The van der Waals surface area contributed by atoms with Crippen LogP contribution in [-0.2, 0) is 11.3 Å². The standard InChI is InChI=1S/C14H13BrFN3O3/c1-8(9-2-4-10(16)5-3-9)17-12(20)7-19-6-11(15)13(21)18-14(19)22/h2-6,8H,7H2,1H3,(H,17,20)(H,18,21,22)/t8-/m0/s1. The van der Waals surface area contributed by atoms with E-state index in [4.69, 9.17) is 0 Å². The number of aromatic amines is 1. The van der Waals surface area contributed by atoms with E-state index in [2.05, 4.69) is 26.2 Å². The molecular weight excluding hydrogens is 357 g/mol. The molecule has 0 aliphatic heterocycles. The number of nitrogens with zero attached hydrogens (tertiary/aromatic N) is 1. The lowest BCUT2D eigenvalue weighted by molar-refractivity contribution is -0.122. The van der Waals surface area contributed by atoms with Crippen molar-refractivity contribution in [2.45, 2.75) is 19.5 Å². The van der Waals surface area contributed by atoms with Crippen LogP contribution in [-0.4, -0.2) is 15.5 Å². The van der Waals surface area contributed by atoms with Crippen LogP contribution in [0.5, 0.6) is 0 Å². The van der Waals surface area contributed by atoms with Crippen molar-refractivity contribution >= 4 is 21.8 Å². The van der Waals surface area contributed by atoms with Crippen LogP contribution in [0.1, 0.15) is 18.5 Å². The summed E-state index contributed by atoms with van der Waals surface area (Å²) >= 11 is 2.99. The lowest BCUT2D eigenvalue weighted by Gasteiger charge is -2.15. The predicted molar refractivity (Wildman–Crippen MR) is 82.0 cm³/mol. The second-order valence-electron chi connectivity index (χ2n) is 4.70. The highest BCUT2D eigenvalue weighted by Crippen LogP contribution is 2.12. The molecule has 0 radical (unpaired) electrons. The number of nitrogens with one attached hydrogen (secondary N) is 2. The van der Waals surface area contributed by atoms with Gasteiger partial charge in [-0.2, -0.15) is 0 Å². The van der Waals surface area contributed by atoms with E-state index in [0.717, 1.165) is 10.1 Å². The van der Waals surface area contributed by atoms with Gasteiger partial charge in [-0.3, -0.25) is 19.1 Å². The van der Waals surface area contributed by atoms with Crippen LogP contribution in [0.15, 0.2) is 44.5 Å². The molecule has 0 saturated heterocycles. The van der Waals surface area contributed by atoms with Crippen molar-refractivity contribution < 1.29 is 9.18 Å². The molecule has 0 fully saturated rings. The fourth-order valence-corrected chi connectivity index (χ4v) is 2.22. The highest BCUT2D eigenvalue weighted by molar-refractivity contribution is 9.10. The van der Waals surface area contributed by atoms with E-state index in [-0.39, 0.29) is 22.9 Å². The average molecular weight is 370 g/mol. The average Bonchev–Trinajstić information content (AvgIpc) is 2.45. The summed E-state index contributed by atoms with van der Waals surface area (Å²) < 4.78 is 14.1. The van der Waals surface area contributed by atoms with Gasteiger partial charge in [0.1, 0.15) is 12.4 Å². The summed E-state index contributed by atoms with van der Waals surface area (Å²) in [4.78, 5) is 36.9. The molecule has 1 heterocycles. The van der Waals surface area contributed by atoms with E-state index >= 15 is 0 Å². The molecule has 2 aromatic rings. The summed E-state index contributed by atoms with van der Waals surface area (Å²) in [6.45, 7) is 1.51. The van der Waals surface area contributed by atoms with Gasteiger partial charge >= 0.3 is 5.69 Å². The number of amides is 1. The van der Waals surface area contributed by atoms with E-state index in [1.165, 1.54) is 18.3 Å². The molecule has 0 spiro atoms. The van der Waals surface area contributed by atoms with Crippen LogP contribution >= 0.6 is 15.9 Å². The summed E-state index contributed by atoms with van der Waals surface area (Å²) in [5.74, 6) is -0.759. The zero-order valence-corrected chi connectivity index (χ0v) is 13.2. The fraction of sp³-hybridized carbons (Fsp3) is 0.214. The molecule has 0 saturated carbocycles. The summed E-state index contributed by atoms with van der Waals surface area (Å²) in [5, 5.41) is 2.70. The van der Waals surface area contributed by atoms with Crippen molar-refractivity contribution in [2.75, 3.05) is 0 Å². The summed E-state index contributed by atoms with van der Waals surface area (Å²) in [6, 6.07) is 5.42. The van der Waals surface area contributed by atoms with Gasteiger partial charge < -0.3 is 5.32 Å². The molecular formula is C14H13BrFN3O3. The Bertz CT molecular complexity index is 798. The van der Waals surface area contributed by atoms with Crippen LogP contribution in [0.4, 0.5) is 4.39 Å². The predicted octanol–water partition coefficient (Wildman–Crippen LogP) is 1.32. The zero-order valence-electron chi connectivity index (χ0n) is 11.6. The van der Waals surface area contributed by atoms with Gasteiger partial charge in [-0.1, -0.05) is 12.1 Å². The number of H-pyrrole nitrogens is 1. The molecule has 2 N–H and O–H groups in total. The number of hydrogen-bond donors (Lipinski definition) is 2. The van der Waals surface area contributed by atoms with Crippen molar-refractivity contribution in [3.8, 4) is 0 Å². The maximum atomic E-state index is 12.9. The molecule has 1 atom stereocenters. The zero-order chi connectivity index (χ0) is 16.3. The maximum Gasteiger partial charge on any atom is 0.328 e. The number of benzene rings is 1. The smallest absolute Gasteiger partial charge is 0.328 e. The summed E-state index contributed by atoms with van der Waals surface area (Å²) in [7, 11) is 0. The van der Waals surface area contributed by atoms with Crippen molar-refractivity contribution in [3.05, 3.63) is 67.2 Å². The van der Waals surface area contributed by atoms with Crippen LogP contribution in [0.25, 0.3) is 0 Å². The molecule has 0 unspecified atom stereocenters. The molecule has 0 bridgehead atoms. The molecule has 6 nitrogen and oxygen atoms in total. The lowest BCUT2D eigenvalue weighted by Crippen LogP contribution is -2.36. The van der Waals surface area contributed by atoms with E-state index < -0.39 is 17.2 Å². The SMILES string of the molecule is C[C@H](NC(=O)Cn1cc(Br)c(=O)[nH]c1=O)c1ccc(F)cc1. The molecule has 1 amide bonds. The van der Waals surface area contributed by atoms with Crippen LogP contribution in [0, 0.1) is 5.82 Å². The van der Waals surface area contributed by atoms with Gasteiger partial charge in [-0.25, -0.2) is 9.18 Å². The first kappa shape index (κ1) is 16.2. The van der Waals surface area contributed by atoms with Gasteiger partial charge in [-0.15, -0.1) is 0 Å². The monoisotopic (exact) mass is 369 g/mol. The van der Waals surface area contributed by atoms with Gasteiger partial charge in [0, 0.05) is 6.20 Å². The number of carbonyl (C=O) groups is 1. The van der Waals surface area contributed by atoms with E-state index in [9.17, 15) is 18.8 Å². The van der Waals surface area contributed by atoms with Crippen LogP contribution < -0.4 is 16.6 Å². The molecule has 22 heavy (non-hydrogen) atoms. The third kappa shape index (κ3) is 3.91. The minimum atomic E-state index is -0.669. The van der Waals surface area contributed by atoms with Gasteiger partial charge in [0.2, 0.25) is 5.91 Å². The molecule has 116 valence electrons. The third-order valence-electron chi connectivity index (χ3n) is 3.03. The van der Waals surface area contributed by atoms with Crippen molar-refractivity contribution in [1.82, 2.24) is 14.9 Å². The number of halogens is 2. The Morgan fingerprint density at radius 2 is 2.00 bits per heavy atom. The Hall–Kier alpha value is -2.22. The Balaban J connectivity index is 2.07. The molecule has 0 aliphatic rings. The Labute approximate surface area is 133 Å². The quantitative estimate of drug-likeness (QED) is 0.852. The topological polar surface area (TPSA) is 84.0 Å². The lowest BCUT2D eigenvalue weighted by atomic mass is 10.1. The van der Waals surface area contributed by atoms with Gasteiger partial charge in [0.15, 0.2) is 0 Å². The van der Waals surface area contributed by atoms with E-state index in [1.807, 2.05) is 0 Å².